The van der Waals surface area contributed by atoms with E-state index in [0.717, 1.165) is 4.47 Å². The minimum absolute atomic E-state index is 0.00580. The zero-order valence-electron chi connectivity index (χ0n) is 14.5. The molecule has 0 aliphatic carbocycles. The smallest absolute Gasteiger partial charge is 0.310 e. The maximum absolute atomic E-state index is 13.2. The third-order valence-electron chi connectivity index (χ3n) is 4.24. The van der Waals surface area contributed by atoms with Crippen LogP contribution in [0.3, 0.4) is 0 Å². The summed E-state index contributed by atoms with van der Waals surface area (Å²) in [5.41, 5.74) is 1.86. The summed E-state index contributed by atoms with van der Waals surface area (Å²) in [5.74, 6) is -2.53. The number of nitrogens with one attached hydrogen (secondary N) is 2. The molecule has 0 fully saturated rings. The molecular formula is C19H17BrFN3O3. The molecule has 3 rings (SSSR count). The van der Waals surface area contributed by atoms with Crippen molar-refractivity contribution in [3.63, 3.8) is 0 Å². The van der Waals surface area contributed by atoms with E-state index in [9.17, 15) is 18.8 Å². The van der Waals surface area contributed by atoms with E-state index in [-0.39, 0.29) is 12.5 Å². The molecule has 140 valence electrons. The molecule has 1 aliphatic heterocycles. The van der Waals surface area contributed by atoms with E-state index < -0.39 is 23.7 Å². The minimum atomic E-state index is -0.926. The van der Waals surface area contributed by atoms with Gasteiger partial charge in [0.2, 0.25) is 0 Å². The minimum Gasteiger partial charge on any atom is -0.344 e. The quantitative estimate of drug-likeness (QED) is 0.726. The summed E-state index contributed by atoms with van der Waals surface area (Å²) in [6.07, 6.45) is 0. The predicted octanol–water partition coefficient (Wildman–Crippen LogP) is 2.43. The summed E-state index contributed by atoms with van der Waals surface area (Å²) in [4.78, 5) is 38.5. The Labute approximate surface area is 163 Å². The van der Waals surface area contributed by atoms with Gasteiger partial charge in [-0.15, -0.1) is 0 Å². The molecular weight excluding hydrogens is 417 g/mol. The highest BCUT2D eigenvalue weighted by atomic mass is 79.9. The summed E-state index contributed by atoms with van der Waals surface area (Å²) in [7, 11) is 0. The van der Waals surface area contributed by atoms with E-state index in [1.54, 1.807) is 23.1 Å². The summed E-state index contributed by atoms with van der Waals surface area (Å²) in [5, 5.41) is 4.91. The van der Waals surface area contributed by atoms with Gasteiger partial charge >= 0.3 is 11.8 Å². The molecule has 1 aliphatic rings. The van der Waals surface area contributed by atoms with Crippen LogP contribution in [0.5, 0.6) is 0 Å². The van der Waals surface area contributed by atoms with Gasteiger partial charge in [0.25, 0.3) is 5.91 Å². The van der Waals surface area contributed by atoms with E-state index in [1.165, 1.54) is 18.2 Å². The summed E-state index contributed by atoms with van der Waals surface area (Å²) in [6, 6.07) is 10.1. The Hall–Kier alpha value is -2.74. The first kappa shape index (κ1) is 19.0. The van der Waals surface area contributed by atoms with Gasteiger partial charge in [-0.25, -0.2) is 4.39 Å². The average molecular weight is 434 g/mol. The van der Waals surface area contributed by atoms with Crippen molar-refractivity contribution in [3.05, 3.63) is 63.9 Å². The number of carbonyl (C=O) groups is 3. The van der Waals surface area contributed by atoms with Gasteiger partial charge in [0, 0.05) is 28.8 Å². The highest BCUT2D eigenvalue weighted by molar-refractivity contribution is 9.10. The number of carbonyl (C=O) groups excluding carboxylic acids is 3. The second-order valence-corrected chi connectivity index (χ2v) is 6.92. The largest absolute Gasteiger partial charge is 0.344 e. The van der Waals surface area contributed by atoms with Crippen molar-refractivity contribution >= 4 is 39.3 Å². The van der Waals surface area contributed by atoms with Crippen LogP contribution >= 0.6 is 15.9 Å². The third-order valence-corrected chi connectivity index (χ3v) is 4.74. The van der Waals surface area contributed by atoms with Crippen molar-refractivity contribution in [1.29, 1.82) is 0 Å². The maximum atomic E-state index is 13.2. The molecule has 27 heavy (non-hydrogen) atoms. The molecule has 0 aromatic heterocycles. The van der Waals surface area contributed by atoms with E-state index in [2.05, 4.69) is 26.6 Å². The van der Waals surface area contributed by atoms with Gasteiger partial charge in [-0.1, -0.05) is 28.1 Å². The zero-order chi connectivity index (χ0) is 19.6. The molecule has 6 nitrogen and oxygen atoms in total. The molecule has 2 aromatic rings. The summed E-state index contributed by atoms with van der Waals surface area (Å²) >= 11 is 3.35. The van der Waals surface area contributed by atoms with Crippen LogP contribution in [0.2, 0.25) is 0 Å². The zero-order valence-corrected chi connectivity index (χ0v) is 16.0. The first-order valence-corrected chi connectivity index (χ1v) is 9.14. The molecule has 0 saturated heterocycles. The number of hydrogen-bond acceptors (Lipinski definition) is 3. The molecule has 0 bridgehead atoms. The Morgan fingerprint density at radius 2 is 1.96 bits per heavy atom. The topological polar surface area (TPSA) is 78.5 Å². The van der Waals surface area contributed by atoms with E-state index in [0.29, 0.717) is 23.4 Å². The standard InChI is InChI=1S/C19H17BrFN3O3/c1-2-24-15-7-6-12(20)9-14(15)16(19(24)27)23-18(26)17(25)22-10-11-4-3-5-13(21)8-11/h3-9,16H,2,10H2,1H3,(H,22,25)(H,23,26)/t16-/m0/s1. The monoisotopic (exact) mass is 433 g/mol. The van der Waals surface area contributed by atoms with Gasteiger partial charge in [-0.05, 0) is 42.8 Å². The molecule has 2 N–H and O–H groups in total. The lowest BCUT2D eigenvalue weighted by Crippen LogP contribution is -2.44. The number of benzene rings is 2. The molecule has 2 aromatic carbocycles. The van der Waals surface area contributed by atoms with Crippen LogP contribution < -0.4 is 15.5 Å². The molecule has 0 radical (unpaired) electrons. The van der Waals surface area contributed by atoms with Crippen molar-refractivity contribution < 1.29 is 18.8 Å². The lowest BCUT2D eigenvalue weighted by atomic mass is 10.1. The molecule has 0 spiro atoms. The first-order chi connectivity index (χ1) is 12.9. The molecule has 0 unspecified atom stereocenters. The highest BCUT2D eigenvalue weighted by Gasteiger charge is 2.38. The van der Waals surface area contributed by atoms with Gasteiger partial charge < -0.3 is 15.5 Å². The first-order valence-electron chi connectivity index (χ1n) is 8.34. The van der Waals surface area contributed by atoms with Crippen molar-refractivity contribution in [2.45, 2.75) is 19.5 Å². The van der Waals surface area contributed by atoms with Crippen LogP contribution in [0.1, 0.15) is 24.1 Å². The summed E-state index contributed by atoms with van der Waals surface area (Å²) in [6.45, 7) is 2.29. The van der Waals surface area contributed by atoms with Crippen LogP contribution in [0.25, 0.3) is 0 Å². The van der Waals surface area contributed by atoms with Crippen molar-refractivity contribution in [1.82, 2.24) is 10.6 Å². The predicted molar refractivity (Wildman–Crippen MR) is 101 cm³/mol. The average Bonchev–Trinajstić information content (AvgIpc) is 2.90. The number of nitrogens with zero attached hydrogens (tertiary/aromatic N) is 1. The number of fused-ring (bicyclic) bond motifs is 1. The van der Waals surface area contributed by atoms with Crippen molar-refractivity contribution in [2.75, 3.05) is 11.4 Å². The number of anilines is 1. The van der Waals surface area contributed by atoms with Gasteiger partial charge in [0.15, 0.2) is 0 Å². The van der Waals surface area contributed by atoms with Gasteiger partial charge in [-0.2, -0.15) is 0 Å². The van der Waals surface area contributed by atoms with Gasteiger partial charge in [-0.3, -0.25) is 14.4 Å². The lowest BCUT2D eigenvalue weighted by Gasteiger charge is -2.15. The Morgan fingerprint density at radius 1 is 1.19 bits per heavy atom. The lowest BCUT2D eigenvalue weighted by molar-refractivity contribution is -0.140. The number of halogens is 2. The Morgan fingerprint density at radius 3 is 2.67 bits per heavy atom. The van der Waals surface area contributed by atoms with Crippen molar-refractivity contribution in [3.8, 4) is 0 Å². The fourth-order valence-electron chi connectivity index (χ4n) is 2.98. The normalized spacial score (nSPS) is 15.4. The van der Waals surface area contributed by atoms with E-state index in [4.69, 9.17) is 0 Å². The van der Waals surface area contributed by atoms with Crippen LogP contribution in [-0.4, -0.2) is 24.3 Å². The third kappa shape index (κ3) is 4.00. The van der Waals surface area contributed by atoms with E-state index >= 15 is 0 Å². The van der Waals surface area contributed by atoms with Crippen LogP contribution in [-0.2, 0) is 20.9 Å². The second-order valence-electron chi connectivity index (χ2n) is 6.00. The molecule has 1 atom stereocenters. The fraction of sp³-hybridized carbons (Fsp3) is 0.211. The summed E-state index contributed by atoms with van der Waals surface area (Å²) < 4.78 is 13.9. The molecule has 0 saturated carbocycles. The van der Waals surface area contributed by atoms with Crippen LogP contribution in [0.4, 0.5) is 10.1 Å². The molecule has 1 heterocycles. The van der Waals surface area contributed by atoms with Crippen LogP contribution in [0.15, 0.2) is 46.9 Å². The molecule has 3 amide bonds. The number of likely N-dealkylation sites (N-methyl/N-ethyl adjacent to an activating group) is 1. The number of hydrogen-bond donors (Lipinski definition) is 2. The Bertz CT molecular complexity index is 919. The van der Waals surface area contributed by atoms with E-state index in [1.807, 2.05) is 13.0 Å². The fourth-order valence-corrected chi connectivity index (χ4v) is 3.36. The number of amides is 3. The highest BCUT2D eigenvalue weighted by Crippen LogP contribution is 2.37. The SMILES string of the molecule is CCN1C(=O)[C@@H](NC(=O)C(=O)NCc2cccc(F)c2)c2cc(Br)ccc21. The molecule has 8 heteroatoms. The Kier molecular flexibility index (Phi) is 5.55. The van der Waals surface area contributed by atoms with Crippen molar-refractivity contribution in [2.24, 2.45) is 0 Å². The second kappa shape index (κ2) is 7.87. The Balaban J connectivity index is 1.69. The maximum Gasteiger partial charge on any atom is 0.310 e. The van der Waals surface area contributed by atoms with Gasteiger partial charge in [0.05, 0.1) is 0 Å². The van der Waals surface area contributed by atoms with Gasteiger partial charge in [0.1, 0.15) is 11.9 Å². The number of rotatable bonds is 4. The van der Waals surface area contributed by atoms with Crippen LogP contribution in [0, 0.1) is 5.82 Å².